The lowest BCUT2D eigenvalue weighted by Crippen LogP contribution is -2.20. The maximum absolute atomic E-state index is 13.0. The Balaban J connectivity index is 2.30. The molecule has 5 heteroatoms. The van der Waals surface area contributed by atoms with E-state index in [-0.39, 0.29) is 18.3 Å². The summed E-state index contributed by atoms with van der Waals surface area (Å²) >= 11 is 9.34. The molecule has 0 fully saturated rings. The SMILES string of the molecule is NCC(c1ccc(F)cc1)C(O)c1ccc(Br)c(Cl)c1. The second kappa shape index (κ2) is 6.68. The van der Waals surface area contributed by atoms with Gasteiger partial charge in [0.2, 0.25) is 0 Å². The van der Waals surface area contributed by atoms with E-state index in [1.54, 1.807) is 30.3 Å². The quantitative estimate of drug-likeness (QED) is 0.867. The summed E-state index contributed by atoms with van der Waals surface area (Å²) in [6.45, 7) is 0.250. The fourth-order valence-corrected chi connectivity index (χ4v) is 2.52. The molecule has 106 valence electrons. The number of hydrogen-bond acceptors (Lipinski definition) is 2. The van der Waals surface area contributed by atoms with E-state index in [0.29, 0.717) is 10.6 Å². The first kappa shape index (κ1) is 15.4. The van der Waals surface area contributed by atoms with Gasteiger partial charge >= 0.3 is 0 Å². The first-order chi connectivity index (χ1) is 9.52. The van der Waals surface area contributed by atoms with E-state index in [0.717, 1.165) is 10.0 Å². The van der Waals surface area contributed by atoms with Gasteiger partial charge in [0.05, 0.1) is 11.1 Å². The molecule has 0 spiro atoms. The minimum absolute atomic E-state index is 0.250. The standard InChI is InChI=1S/C15H14BrClFNO/c16-13-6-3-10(7-14(13)17)15(20)12(8-19)9-1-4-11(18)5-2-9/h1-7,12,15,20H,8,19H2. The van der Waals surface area contributed by atoms with Crippen LogP contribution in [0.25, 0.3) is 0 Å². The third-order valence-electron chi connectivity index (χ3n) is 3.22. The zero-order valence-electron chi connectivity index (χ0n) is 10.6. The Morgan fingerprint density at radius 3 is 2.30 bits per heavy atom. The van der Waals surface area contributed by atoms with Crippen molar-refractivity contribution < 1.29 is 9.50 Å². The Labute approximate surface area is 130 Å². The van der Waals surface area contributed by atoms with Crippen LogP contribution in [-0.4, -0.2) is 11.7 Å². The molecular weight excluding hydrogens is 345 g/mol. The largest absolute Gasteiger partial charge is 0.388 e. The molecule has 0 radical (unpaired) electrons. The van der Waals surface area contributed by atoms with Crippen LogP contribution >= 0.6 is 27.5 Å². The molecule has 0 heterocycles. The smallest absolute Gasteiger partial charge is 0.123 e. The highest BCUT2D eigenvalue weighted by atomic mass is 79.9. The van der Waals surface area contributed by atoms with Crippen molar-refractivity contribution in [1.82, 2.24) is 0 Å². The molecule has 20 heavy (non-hydrogen) atoms. The van der Waals surface area contributed by atoms with Crippen molar-refractivity contribution in [2.45, 2.75) is 12.0 Å². The number of nitrogens with two attached hydrogens (primary N) is 1. The van der Waals surface area contributed by atoms with Gasteiger partial charge in [-0.25, -0.2) is 4.39 Å². The summed E-state index contributed by atoms with van der Waals surface area (Å²) in [7, 11) is 0. The molecular formula is C15H14BrClFNO. The van der Waals surface area contributed by atoms with Crippen LogP contribution in [0.1, 0.15) is 23.1 Å². The van der Waals surface area contributed by atoms with Crippen LogP contribution in [0.4, 0.5) is 4.39 Å². The van der Waals surface area contributed by atoms with Gasteiger partial charge in [-0.2, -0.15) is 0 Å². The Bertz CT molecular complexity index is 591. The molecule has 2 atom stereocenters. The molecule has 0 aliphatic carbocycles. The molecule has 2 aromatic carbocycles. The van der Waals surface area contributed by atoms with Crippen LogP contribution in [0.3, 0.4) is 0 Å². The van der Waals surface area contributed by atoms with Gasteiger partial charge in [-0.3, -0.25) is 0 Å². The van der Waals surface area contributed by atoms with E-state index in [9.17, 15) is 9.50 Å². The predicted octanol–water partition coefficient (Wildman–Crippen LogP) is 4.02. The summed E-state index contributed by atoms with van der Waals surface area (Å²) in [5, 5.41) is 11.0. The first-order valence-corrected chi connectivity index (χ1v) is 7.28. The van der Waals surface area contributed by atoms with Crippen LogP contribution in [0.15, 0.2) is 46.9 Å². The second-order valence-electron chi connectivity index (χ2n) is 4.51. The molecule has 0 bridgehead atoms. The van der Waals surface area contributed by atoms with Gasteiger partial charge in [0.25, 0.3) is 0 Å². The van der Waals surface area contributed by atoms with Crippen molar-refractivity contribution in [3.63, 3.8) is 0 Å². The van der Waals surface area contributed by atoms with Gasteiger partial charge in [0.15, 0.2) is 0 Å². The van der Waals surface area contributed by atoms with Crippen LogP contribution in [0, 0.1) is 5.82 Å². The molecule has 2 unspecified atom stereocenters. The van der Waals surface area contributed by atoms with Crippen LogP contribution in [0.2, 0.25) is 5.02 Å². The topological polar surface area (TPSA) is 46.2 Å². The normalized spacial score (nSPS) is 14.1. The zero-order chi connectivity index (χ0) is 14.7. The van der Waals surface area contributed by atoms with Crippen molar-refractivity contribution in [3.05, 3.63) is 68.9 Å². The minimum Gasteiger partial charge on any atom is -0.388 e. The lowest BCUT2D eigenvalue weighted by atomic mass is 9.89. The lowest BCUT2D eigenvalue weighted by Gasteiger charge is -2.22. The van der Waals surface area contributed by atoms with Crippen molar-refractivity contribution in [2.75, 3.05) is 6.54 Å². The number of aliphatic hydroxyl groups excluding tert-OH is 1. The third-order valence-corrected chi connectivity index (χ3v) is 4.45. The molecule has 0 aliphatic rings. The van der Waals surface area contributed by atoms with E-state index >= 15 is 0 Å². The summed E-state index contributed by atoms with van der Waals surface area (Å²) in [5.41, 5.74) is 7.22. The number of rotatable bonds is 4. The molecule has 0 amide bonds. The zero-order valence-corrected chi connectivity index (χ0v) is 12.9. The first-order valence-electron chi connectivity index (χ1n) is 6.11. The second-order valence-corrected chi connectivity index (χ2v) is 5.77. The average molecular weight is 359 g/mol. The van der Waals surface area contributed by atoms with E-state index in [2.05, 4.69) is 15.9 Å². The van der Waals surface area contributed by atoms with Crippen molar-refractivity contribution >= 4 is 27.5 Å². The molecule has 2 rings (SSSR count). The number of benzene rings is 2. The fraction of sp³-hybridized carbons (Fsp3) is 0.200. The molecule has 2 aromatic rings. The van der Waals surface area contributed by atoms with Crippen LogP contribution in [-0.2, 0) is 0 Å². The molecule has 0 aromatic heterocycles. The minimum atomic E-state index is -0.795. The summed E-state index contributed by atoms with van der Waals surface area (Å²) < 4.78 is 13.7. The summed E-state index contributed by atoms with van der Waals surface area (Å²) in [6.07, 6.45) is -0.795. The molecule has 3 N–H and O–H groups in total. The Morgan fingerprint density at radius 1 is 1.15 bits per heavy atom. The van der Waals surface area contributed by atoms with Crippen molar-refractivity contribution in [3.8, 4) is 0 Å². The Morgan fingerprint density at radius 2 is 1.75 bits per heavy atom. The molecule has 2 nitrogen and oxygen atoms in total. The summed E-state index contributed by atoms with van der Waals surface area (Å²) in [4.78, 5) is 0. The summed E-state index contributed by atoms with van der Waals surface area (Å²) in [5.74, 6) is -0.626. The van der Waals surface area contributed by atoms with E-state index in [1.807, 2.05) is 0 Å². The Hall–Kier alpha value is -0.940. The average Bonchev–Trinajstić information content (AvgIpc) is 2.44. The molecule has 0 saturated carbocycles. The maximum atomic E-state index is 13.0. The highest BCUT2D eigenvalue weighted by Gasteiger charge is 2.22. The third kappa shape index (κ3) is 3.38. The number of hydrogen-bond donors (Lipinski definition) is 2. The van der Waals surface area contributed by atoms with Gasteiger partial charge in [0.1, 0.15) is 5.82 Å². The van der Waals surface area contributed by atoms with Crippen LogP contribution < -0.4 is 5.73 Å². The summed E-state index contributed by atoms with van der Waals surface area (Å²) in [6, 6.07) is 11.3. The van der Waals surface area contributed by atoms with Gasteiger partial charge in [0, 0.05) is 16.9 Å². The van der Waals surface area contributed by atoms with Gasteiger partial charge in [-0.05, 0) is 51.3 Å². The van der Waals surface area contributed by atoms with E-state index < -0.39 is 6.10 Å². The predicted molar refractivity (Wildman–Crippen MR) is 82.3 cm³/mol. The van der Waals surface area contributed by atoms with Gasteiger partial charge < -0.3 is 10.8 Å². The number of halogens is 3. The van der Waals surface area contributed by atoms with Gasteiger partial charge in [-0.15, -0.1) is 0 Å². The highest BCUT2D eigenvalue weighted by molar-refractivity contribution is 9.10. The monoisotopic (exact) mass is 357 g/mol. The maximum Gasteiger partial charge on any atom is 0.123 e. The van der Waals surface area contributed by atoms with E-state index in [4.69, 9.17) is 17.3 Å². The van der Waals surface area contributed by atoms with Crippen molar-refractivity contribution in [2.24, 2.45) is 5.73 Å². The van der Waals surface area contributed by atoms with E-state index in [1.165, 1.54) is 12.1 Å². The van der Waals surface area contributed by atoms with Crippen LogP contribution in [0.5, 0.6) is 0 Å². The van der Waals surface area contributed by atoms with Crippen molar-refractivity contribution in [1.29, 1.82) is 0 Å². The molecule has 0 aliphatic heterocycles. The van der Waals surface area contributed by atoms with Gasteiger partial charge in [-0.1, -0.05) is 29.8 Å². The Kier molecular flexibility index (Phi) is 5.16. The number of aliphatic hydroxyl groups is 1. The highest BCUT2D eigenvalue weighted by Crippen LogP contribution is 2.33. The molecule has 0 saturated heterocycles. The fourth-order valence-electron chi connectivity index (χ4n) is 2.09. The lowest BCUT2D eigenvalue weighted by molar-refractivity contribution is 0.147.